The van der Waals surface area contributed by atoms with Gasteiger partial charge in [-0.05, 0) is 29.7 Å². The van der Waals surface area contributed by atoms with Gasteiger partial charge in [0.2, 0.25) is 0 Å². The van der Waals surface area contributed by atoms with E-state index in [0.717, 1.165) is 24.3 Å². The molecule has 2 rings (SSSR count). The number of rotatable bonds is 9. The molecule has 0 aliphatic carbocycles. The normalized spacial score (nSPS) is 10.5. The topological polar surface area (TPSA) is 27.7 Å². The molecule has 0 aromatic heterocycles. The van der Waals surface area contributed by atoms with E-state index in [1.807, 2.05) is 30.3 Å². The van der Waals surface area contributed by atoms with E-state index >= 15 is 0 Å². The molecule has 2 aromatic rings. The Morgan fingerprint density at radius 3 is 2.41 bits per heavy atom. The third-order valence-corrected chi connectivity index (χ3v) is 3.44. The Hall–Kier alpha value is -2.00. The van der Waals surface area contributed by atoms with Crippen molar-refractivity contribution in [1.82, 2.24) is 0 Å². The molecule has 0 saturated heterocycles. The maximum atomic E-state index is 5.77. The Bertz CT molecular complexity index is 552. The summed E-state index contributed by atoms with van der Waals surface area (Å²) in [5.41, 5.74) is 2.44. The van der Waals surface area contributed by atoms with Crippen molar-refractivity contribution in [1.29, 1.82) is 0 Å². The maximum absolute atomic E-state index is 5.77. The Morgan fingerprint density at radius 2 is 1.68 bits per heavy atom. The molecular formula is C19H24O3. The van der Waals surface area contributed by atoms with Gasteiger partial charge in [0, 0.05) is 6.42 Å². The summed E-state index contributed by atoms with van der Waals surface area (Å²) >= 11 is 0. The molecule has 2 aromatic carbocycles. The molecule has 118 valence electrons. The minimum atomic E-state index is 0.622. The first-order chi connectivity index (χ1) is 10.8. The molecule has 0 heterocycles. The Morgan fingerprint density at radius 1 is 0.864 bits per heavy atom. The molecule has 0 unspecified atom stereocenters. The van der Waals surface area contributed by atoms with Crippen LogP contribution in [0.4, 0.5) is 0 Å². The van der Waals surface area contributed by atoms with Gasteiger partial charge in [0.1, 0.15) is 0 Å². The first kappa shape index (κ1) is 16.4. The predicted molar refractivity (Wildman–Crippen MR) is 88.6 cm³/mol. The summed E-state index contributed by atoms with van der Waals surface area (Å²) in [5, 5.41) is 0. The molecule has 3 heteroatoms. The number of benzene rings is 2. The molecule has 0 aliphatic rings. The smallest absolute Gasteiger partial charge is 0.161 e. The second-order valence-electron chi connectivity index (χ2n) is 5.08. The molecule has 3 nitrogen and oxygen atoms in total. The zero-order valence-corrected chi connectivity index (χ0v) is 13.4. The van der Waals surface area contributed by atoms with Crippen LogP contribution in [-0.2, 0) is 17.8 Å². The van der Waals surface area contributed by atoms with Gasteiger partial charge in [-0.15, -0.1) is 0 Å². The lowest BCUT2D eigenvalue weighted by atomic mass is 10.1. The summed E-state index contributed by atoms with van der Waals surface area (Å²) in [6, 6.07) is 16.3. The predicted octanol–water partition coefficient (Wildman–Crippen LogP) is 4.24. The number of ether oxygens (including phenoxy) is 3. The molecular weight excluding hydrogens is 276 g/mol. The largest absolute Gasteiger partial charge is 0.493 e. The third-order valence-electron chi connectivity index (χ3n) is 3.44. The minimum Gasteiger partial charge on any atom is -0.493 e. The fourth-order valence-electron chi connectivity index (χ4n) is 2.16. The van der Waals surface area contributed by atoms with Gasteiger partial charge in [0.05, 0.1) is 26.9 Å². The lowest BCUT2D eigenvalue weighted by Gasteiger charge is -2.12. The summed E-state index contributed by atoms with van der Waals surface area (Å²) in [6.07, 6.45) is 1.84. The molecule has 0 spiro atoms. The van der Waals surface area contributed by atoms with Crippen LogP contribution >= 0.6 is 0 Å². The Kier molecular flexibility index (Phi) is 6.78. The van der Waals surface area contributed by atoms with Crippen molar-refractivity contribution in [2.45, 2.75) is 26.4 Å². The fourth-order valence-corrected chi connectivity index (χ4v) is 2.16. The molecule has 0 fully saturated rings. The highest BCUT2D eigenvalue weighted by atomic mass is 16.5. The highest BCUT2D eigenvalue weighted by Gasteiger charge is 2.05. The third kappa shape index (κ3) is 5.08. The van der Waals surface area contributed by atoms with Crippen LogP contribution in [0.3, 0.4) is 0 Å². The van der Waals surface area contributed by atoms with E-state index in [-0.39, 0.29) is 0 Å². The fraction of sp³-hybridized carbons (Fsp3) is 0.368. The second-order valence-corrected chi connectivity index (χ2v) is 5.08. The summed E-state index contributed by atoms with van der Waals surface area (Å²) in [7, 11) is 1.67. The van der Waals surface area contributed by atoms with Crippen LogP contribution in [0.25, 0.3) is 0 Å². The monoisotopic (exact) mass is 300 g/mol. The summed E-state index contributed by atoms with van der Waals surface area (Å²) in [4.78, 5) is 0. The van der Waals surface area contributed by atoms with Crippen molar-refractivity contribution in [3.63, 3.8) is 0 Å². The average Bonchev–Trinajstić information content (AvgIpc) is 2.59. The van der Waals surface area contributed by atoms with Crippen molar-refractivity contribution in [2.24, 2.45) is 0 Å². The van der Waals surface area contributed by atoms with Crippen LogP contribution in [0.5, 0.6) is 11.5 Å². The summed E-state index contributed by atoms with van der Waals surface area (Å²) in [6.45, 7) is 4.08. The van der Waals surface area contributed by atoms with Gasteiger partial charge in [0.15, 0.2) is 11.5 Å². The van der Waals surface area contributed by atoms with E-state index in [2.05, 4.69) is 25.1 Å². The van der Waals surface area contributed by atoms with Crippen molar-refractivity contribution >= 4 is 0 Å². The zero-order chi connectivity index (χ0) is 15.6. The first-order valence-electron chi connectivity index (χ1n) is 7.75. The van der Waals surface area contributed by atoms with Gasteiger partial charge in [-0.1, -0.05) is 43.3 Å². The molecule has 0 N–H and O–H groups in total. The maximum Gasteiger partial charge on any atom is 0.161 e. The van der Waals surface area contributed by atoms with E-state index in [1.54, 1.807) is 7.11 Å². The SMILES string of the molecule is CCc1ccc(OCCCOCc2ccccc2)c(OC)c1. The van der Waals surface area contributed by atoms with E-state index in [1.165, 1.54) is 11.1 Å². The van der Waals surface area contributed by atoms with Gasteiger partial charge in [0.25, 0.3) is 0 Å². The van der Waals surface area contributed by atoms with Gasteiger partial charge in [-0.25, -0.2) is 0 Å². The van der Waals surface area contributed by atoms with Crippen LogP contribution in [0, 0.1) is 0 Å². The average molecular weight is 300 g/mol. The van der Waals surface area contributed by atoms with Gasteiger partial charge in [-0.2, -0.15) is 0 Å². The summed E-state index contributed by atoms with van der Waals surface area (Å²) < 4.78 is 16.8. The molecule has 0 radical (unpaired) electrons. The van der Waals surface area contributed by atoms with Gasteiger partial charge < -0.3 is 14.2 Å². The van der Waals surface area contributed by atoms with Crippen LogP contribution in [0.2, 0.25) is 0 Å². The van der Waals surface area contributed by atoms with Crippen LogP contribution < -0.4 is 9.47 Å². The molecule has 0 atom stereocenters. The van der Waals surface area contributed by atoms with Crippen LogP contribution in [0.1, 0.15) is 24.5 Å². The number of hydrogen-bond donors (Lipinski definition) is 0. The van der Waals surface area contributed by atoms with Crippen molar-refractivity contribution in [3.8, 4) is 11.5 Å². The van der Waals surface area contributed by atoms with E-state index < -0.39 is 0 Å². The second kappa shape index (κ2) is 9.11. The highest BCUT2D eigenvalue weighted by molar-refractivity contribution is 5.42. The molecule has 0 aliphatic heterocycles. The number of hydrogen-bond acceptors (Lipinski definition) is 3. The standard InChI is InChI=1S/C19H24O3/c1-3-16-10-11-18(19(14-16)20-2)22-13-7-12-21-15-17-8-5-4-6-9-17/h4-6,8-11,14H,3,7,12-13,15H2,1-2H3. The first-order valence-corrected chi connectivity index (χ1v) is 7.75. The zero-order valence-electron chi connectivity index (χ0n) is 13.4. The van der Waals surface area contributed by atoms with E-state index in [0.29, 0.717) is 19.8 Å². The molecule has 0 amide bonds. The minimum absolute atomic E-state index is 0.622. The van der Waals surface area contributed by atoms with Gasteiger partial charge in [-0.3, -0.25) is 0 Å². The Balaban J connectivity index is 1.68. The van der Waals surface area contributed by atoms with E-state index in [4.69, 9.17) is 14.2 Å². The quantitative estimate of drug-likeness (QED) is 0.648. The van der Waals surface area contributed by atoms with Crippen molar-refractivity contribution < 1.29 is 14.2 Å². The molecule has 22 heavy (non-hydrogen) atoms. The molecule has 0 bridgehead atoms. The van der Waals surface area contributed by atoms with Gasteiger partial charge >= 0.3 is 0 Å². The van der Waals surface area contributed by atoms with E-state index in [9.17, 15) is 0 Å². The van der Waals surface area contributed by atoms with Crippen molar-refractivity contribution in [2.75, 3.05) is 20.3 Å². The molecule has 0 saturated carbocycles. The highest BCUT2D eigenvalue weighted by Crippen LogP contribution is 2.28. The number of aryl methyl sites for hydroxylation is 1. The van der Waals surface area contributed by atoms with Crippen molar-refractivity contribution in [3.05, 3.63) is 59.7 Å². The Labute approximate surface area is 132 Å². The van der Waals surface area contributed by atoms with Crippen LogP contribution in [0.15, 0.2) is 48.5 Å². The number of methoxy groups -OCH3 is 1. The van der Waals surface area contributed by atoms with Crippen LogP contribution in [-0.4, -0.2) is 20.3 Å². The lowest BCUT2D eigenvalue weighted by molar-refractivity contribution is 0.107. The summed E-state index contributed by atoms with van der Waals surface area (Å²) in [5.74, 6) is 1.59. The lowest BCUT2D eigenvalue weighted by Crippen LogP contribution is -2.04.